The lowest BCUT2D eigenvalue weighted by Gasteiger charge is -2.17. The average Bonchev–Trinajstić information content (AvgIpc) is 2.33. The Morgan fingerprint density at radius 3 is 2.25 bits per heavy atom. The standard InChI is InChI=1S/C14H19BrO4S/c1-9-7-12(15)8-10(2)14(9)20(17,18)11(3)5-6-13(16)19-4/h7-8,11H,5-6H2,1-4H3. The number of carbonyl (C=O) groups is 1. The first-order chi connectivity index (χ1) is 9.20. The summed E-state index contributed by atoms with van der Waals surface area (Å²) >= 11 is 3.35. The average molecular weight is 363 g/mol. The minimum Gasteiger partial charge on any atom is -0.469 e. The van der Waals surface area contributed by atoms with Crippen molar-refractivity contribution in [2.24, 2.45) is 0 Å². The van der Waals surface area contributed by atoms with Crippen LogP contribution in [-0.2, 0) is 19.4 Å². The zero-order chi connectivity index (χ0) is 15.5. The molecule has 1 aromatic carbocycles. The van der Waals surface area contributed by atoms with E-state index < -0.39 is 21.1 Å². The zero-order valence-corrected chi connectivity index (χ0v) is 14.5. The van der Waals surface area contributed by atoms with Crippen molar-refractivity contribution in [3.05, 3.63) is 27.7 Å². The molecule has 0 saturated carbocycles. The molecular formula is C14H19BrO4S. The van der Waals surface area contributed by atoms with E-state index in [1.54, 1.807) is 32.9 Å². The van der Waals surface area contributed by atoms with Crippen LogP contribution >= 0.6 is 15.9 Å². The highest BCUT2D eigenvalue weighted by Crippen LogP contribution is 2.28. The molecule has 0 aliphatic heterocycles. The van der Waals surface area contributed by atoms with E-state index in [4.69, 9.17) is 0 Å². The molecule has 0 amide bonds. The number of ether oxygens (including phenoxy) is 1. The van der Waals surface area contributed by atoms with Crippen LogP contribution in [0.2, 0.25) is 0 Å². The van der Waals surface area contributed by atoms with Crippen molar-refractivity contribution in [3.8, 4) is 0 Å². The van der Waals surface area contributed by atoms with Gasteiger partial charge in [-0.1, -0.05) is 15.9 Å². The summed E-state index contributed by atoms with van der Waals surface area (Å²) in [5.74, 6) is -0.392. The highest BCUT2D eigenvalue weighted by molar-refractivity contribution is 9.10. The second-order valence-corrected chi connectivity index (χ2v) is 8.06. The van der Waals surface area contributed by atoms with E-state index in [0.29, 0.717) is 16.0 Å². The molecule has 0 N–H and O–H groups in total. The van der Waals surface area contributed by atoms with E-state index in [9.17, 15) is 13.2 Å². The number of halogens is 1. The Labute approximate surface area is 128 Å². The number of methoxy groups -OCH3 is 1. The summed E-state index contributed by atoms with van der Waals surface area (Å²) in [7, 11) is -2.15. The van der Waals surface area contributed by atoms with Crippen LogP contribution in [0.1, 0.15) is 30.9 Å². The molecule has 1 aromatic rings. The molecule has 1 unspecified atom stereocenters. The normalized spacial score (nSPS) is 13.1. The predicted octanol–water partition coefficient (Wildman–Crippen LogP) is 3.18. The van der Waals surface area contributed by atoms with Crippen LogP contribution in [0.5, 0.6) is 0 Å². The van der Waals surface area contributed by atoms with E-state index in [-0.39, 0.29) is 12.8 Å². The van der Waals surface area contributed by atoms with Gasteiger partial charge in [-0.05, 0) is 50.5 Å². The van der Waals surface area contributed by atoms with E-state index in [2.05, 4.69) is 20.7 Å². The van der Waals surface area contributed by atoms with Gasteiger partial charge in [0.05, 0.1) is 17.3 Å². The number of rotatable bonds is 5. The van der Waals surface area contributed by atoms with E-state index >= 15 is 0 Å². The first kappa shape index (κ1) is 17.2. The smallest absolute Gasteiger partial charge is 0.305 e. The molecule has 0 radical (unpaired) electrons. The Kier molecular flexibility index (Phi) is 5.77. The molecule has 4 nitrogen and oxygen atoms in total. The Morgan fingerprint density at radius 1 is 1.30 bits per heavy atom. The molecule has 0 aromatic heterocycles. The van der Waals surface area contributed by atoms with Crippen molar-refractivity contribution in [2.45, 2.75) is 43.8 Å². The van der Waals surface area contributed by atoms with Crippen LogP contribution < -0.4 is 0 Å². The van der Waals surface area contributed by atoms with Crippen molar-refractivity contribution >= 4 is 31.7 Å². The van der Waals surface area contributed by atoms with Gasteiger partial charge in [0, 0.05) is 10.9 Å². The van der Waals surface area contributed by atoms with Crippen molar-refractivity contribution in [3.63, 3.8) is 0 Å². The molecular weight excluding hydrogens is 344 g/mol. The Balaban J connectivity index is 3.08. The van der Waals surface area contributed by atoms with E-state index in [1.807, 2.05) is 0 Å². The third-order valence-electron chi connectivity index (χ3n) is 3.22. The summed E-state index contributed by atoms with van der Waals surface area (Å²) in [6.45, 7) is 5.18. The fraction of sp³-hybridized carbons (Fsp3) is 0.500. The van der Waals surface area contributed by atoms with Crippen LogP contribution in [0.25, 0.3) is 0 Å². The monoisotopic (exact) mass is 362 g/mol. The predicted molar refractivity (Wildman–Crippen MR) is 81.5 cm³/mol. The molecule has 0 aliphatic rings. The molecule has 0 heterocycles. The fourth-order valence-electron chi connectivity index (χ4n) is 2.13. The summed E-state index contributed by atoms with van der Waals surface area (Å²) in [5.41, 5.74) is 1.42. The minimum absolute atomic E-state index is 0.103. The lowest BCUT2D eigenvalue weighted by atomic mass is 10.2. The molecule has 0 fully saturated rings. The van der Waals surface area contributed by atoms with Gasteiger partial charge >= 0.3 is 5.97 Å². The Hall–Kier alpha value is -0.880. The molecule has 0 saturated heterocycles. The highest BCUT2D eigenvalue weighted by Gasteiger charge is 2.27. The van der Waals surface area contributed by atoms with Gasteiger partial charge in [-0.25, -0.2) is 8.42 Å². The zero-order valence-electron chi connectivity index (χ0n) is 12.1. The number of hydrogen-bond acceptors (Lipinski definition) is 4. The summed E-state index contributed by atoms with van der Waals surface area (Å²) < 4.78 is 30.6. The van der Waals surface area contributed by atoms with Gasteiger partial charge < -0.3 is 4.74 Å². The van der Waals surface area contributed by atoms with Crippen LogP contribution in [0.3, 0.4) is 0 Å². The second-order valence-electron chi connectivity index (χ2n) is 4.84. The van der Waals surface area contributed by atoms with Crippen LogP contribution in [0, 0.1) is 13.8 Å². The molecule has 0 spiro atoms. The van der Waals surface area contributed by atoms with Crippen LogP contribution in [0.15, 0.2) is 21.5 Å². The van der Waals surface area contributed by atoms with Gasteiger partial charge in [-0.3, -0.25) is 4.79 Å². The van der Waals surface area contributed by atoms with Crippen molar-refractivity contribution in [1.82, 2.24) is 0 Å². The summed E-state index contributed by atoms with van der Waals surface area (Å²) in [5, 5.41) is -0.625. The molecule has 0 aliphatic carbocycles. The number of hydrogen-bond donors (Lipinski definition) is 0. The summed E-state index contributed by atoms with van der Waals surface area (Å²) in [4.78, 5) is 11.5. The van der Waals surface area contributed by atoms with Gasteiger partial charge in [-0.2, -0.15) is 0 Å². The van der Waals surface area contributed by atoms with Crippen molar-refractivity contribution < 1.29 is 17.9 Å². The Bertz CT molecular complexity index is 585. The number of aryl methyl sites for hydroxylation is 2. The first-order valence-corrected chi connectivity index (χ1v) is 8.61. The molecule has 112 valence electrons. The number of esters is 1. The topological polar surface area (TPSA) is 60.4 Å². The molecule has 20 heavy (non-hydrogen) atoms. The SMILES string of the molecule is COC(=O)CCC(C)S(=O)(=O)c1c(C)cc(Br)cc1C. The third-order valence-corrected chi connectivity index (χ3v) is 6.19. The maximum absolute atomic E-state index is 12.6. The van der Waals surface area contributed by atoms with E-state index in [1.165, 1.54) is 7.11 Å². The number of sulfone groups is 1. The number of carbonyl (C=O) groups excluding carboxylic acids is 1. The quantitative estimate of drug-likeness (QED) is 0.754. The molecule has 1 atom stereocenters. The summed E-state index contributed by atoms with van der Waals surface area (Å²) in [6.07, 6.45) is 0.357. The fourth-order valence-corrected chi connectivity index (χ4v) is 4.66. The first-order valence-electron chi connectivity index (χ1n) is 6.27. The third kappa shape index (κ3) is 3.82. The van der Waals surface area contributed by atoms with Crippen molar-refractivity contribution in [1.29, 1.82) is 0 Å². The summed E-state index contributed by atoms with van der Waals surface area (Å²) in [6, 6.07) is 3.57. The van der Waals surface area contributed by atoms with Gasteiger partial charge in [0.25, 0.3) is 0 Å². The maximum Gasteiger partial charge on any atom is 0.305 e. The minimum atomic E-state index is -3.45. The van der Waals surface area contributed by atoms with Gasteiger partial charge in [0.2, 0.25) is 0 Å². The molecule has 0 bridgehead atoms. The van der Waals surface area contributed by atoms with Gasteiger partial charge in [0.15, 0.2) is 9.84 Å². The molecule has 1 rings (SSSR count). The molecule has 6 heteroatoms. The maximum atomic E-state index is 12.6. The second kappa shape index (κ2) is 6.72. The lowest BCUT2D eigenvalue weighted by Crippen LogP contribution is -2.21. The van der Waals surface area contributed by atoms with Crippen molar-refractivity contribution in [2.75, 3.05) is 7.11 Å². The Morgan fingerprint density at radius 2 is 1.80 bits per heavy atom. The van der Waals surface area contributed by atoms with Gasteiger partial charge in [0.1, 0.15) is 0 Å². The van der Waals surface area contributed by atoms with Crippen LogP contribution in [0.4, 0.5) is 0 Å². The number of benzene rings is 1. The van der Waals surface area contributed by atoms with Crippen LogP contribution in [-0.4, -0.2) is 26.7 Å². The lowest BCUT2D eigenvalue weighted by molar-refractivity contribution is -0.140. The highest BCUT2D eigenvalue weighted by atomic mass is 79.9. The largest absolute Gasteiger partial charge is 0.469 e. The van der Waals surface area contributed by atoms with Gasteiger partial charge in [-0.15, -0.1) is 0 Å². The van der Waals surface area contributed by atoms with E-state index in [0.717, 1.165) is 4.47 Å².